The summed E-state index contributed by atoms with van der Waals surface area (Å²) < 4.78 is 15.8. The van der Waals surface area contributed by atoms with Crippen LogP contribution in [0.5, 0.6) is 5.75 Å². The molecule has 2 aromatic rings. The Balaban J connectivity index is 1.75. The normalized spacial score (nSPS) is 17.2. The van der Waals surface area contributed by atoms with Crippen LogP contribution >= 0.6 is 0 Å². The van der Waals surface area contributed by atoms with E-state index in [0.29, 0.717) is 18.1 Å². The first kappa shape index (κ1) is 14.7. The fraction of sp³-hybridized carbons (Fsp3) is 0.353. The summed E-state index contributed by atoms with van der Waals surface area (Å²) in [6.07, 6.45) is 0.949. The highest BCUT2D eigenvalue weighted by Crippen LogP contribution is 2.35. The molecule has 1 atom stereocenters. The van der Waals surface area contributed by atoms with E-state index in [1.165, 1.54) is 0 Å². The highest BCUT2D eigenvalue weighted by atomic mass is 16.5. The zero-order chi connectivity index (χ0) is 15.5. The van der Waals surface area contributed by atoms with Crippen molar-refractivity contribution in [3.8, 4) is 5.75 Å². The van der Waals surface area contributed by atoms with Crippen LogP contribution in [-0.2, 0) is 11.3 Å². The molecule has 0 saturated carbocycles. The molecule has 22 heavy (non-hydrogen) atoms. The Bertz CT molecular complexity index is 664. The number of benzene rings is 1. The average Bonchev–Trinajstić information content (AvgIpc) is 2.95. The SMILES string of the molecule is COCc1ccc(C(=O)N2CC[C@H]2c2cccc(OC)c2)o1. The van der Waals surface area contributed by atoms with Crippen LogP contribution < -0.4 is 4.74 Å². The topological polar surface area (TPSA) is 51.9 Å². The lowest BCUT2D eigenvalue weighted by atomic mass is 9.94. The van der Waals surface area contributed by atoms with Crippen LogP contribution in [0.2, 0.25) is 0 Å². The third-order valence-electron chi connectivity index (χ3n) is 3.92. The van der Waals surface area contributed by atoms with Crippen LogP contribution in [0.1, 0.15) is 34.3 Å². The van der Waals surface area contributed by atoms with Crippen molar-refractivity contribution in [2.24, 2.45) is 0 Å². The first-order valence-corrected chi connectivity index (χ1v) is 7.25. The van der Waals surface area contributed by atoms with Gasteiger partial charge in [0.15, 0.2) is 5.76 Å². The number of hydrogen-bond acceptors (Lipinski definition) is 4. The Kier molecular flexibility index (Phi) is 4.15. The molecule has 1 aromatic carbocycles. The third kappa shape index (κ3) is 2.72. The van der Waals surface area contributed by atoms with Crippen molar-refractivity contribution >= 4 is 5.91 Å². The number of likely N-dealkylation sites (tertiary alicyclic amines) is 1. The molecule has 0 bridgehead atoms. The van der Waals surface area contributed by atoms with Gasteiger partial charge in [-0.05, 0) is 36.2 Å². The minimum Gasteiger partial charge on any atom is -0.497 e. The largest absolute Gasteiger partial charge is 0.497 e. The Morgan fingerprint density at radius 2 is 2.18 bits per heavy atom. The number of methoxy groups -OCH3 is 2. The first-order chi connectivity index (χ1) is 10.7. The van der Waals surface area contributed by atoms with E-state index in [-0.39, 0.29) is 11.9 Å². The molecule has 1 amide bonds. The summed E-state index contributed by atoms with van der Waals surface area (Å²) in [6, 6.07) is 11.4. The number of ether oxygens (including phenoxy) is 2. The second kappa shape index (κ2) is 6.23. The summed E-state index contributed by atoms with van der Waals surface area (Å²) in [6.45, 7) is 1.10. The van der Waals surface area contributed by atoms with Gasteiger partial charge >= 0.3 is 0 Å². The number of carbonyl (C=O) groups excluding carboxylic acids is 1. The van der Waals surface area contributed by atoms with Crippen molar-refractivity contribution in [2.45, 2.75) is 19.1 Å². The maximum atomic E-state index is 12.5. The monoisotopic (exact) mass is 301 g/mol. The molecule has 5 heteroatoms. The van der Waals surface area contributed by atoms with E-state index in [4.69, 9.17) is 13.9 Å². The van der Waals surface area contributed by atoms with Gasteiger partial charge in [-0.15, -0.1) is 0 Å². The number of nitrogens with zero attached hydrogens (tertiary/aromatic N) is 1. The highest BCUT2D eigenvalue weighted by Gasteiger charge is 2.35. The van der Waals surface area contributed by atoms with Crippen molar-refractivity contribution < 1.29 is 18.7 Å². The molecular weight excluding hydrogens is 282 g/mol. The van der Waals surface area contributed by atoms with Gasteiger partial charge in [-0.2, -0.15) is 0 Å². The molecular formula is C17H19NO4. The number of amides is 1. The van der Waals surface area contributed by atoms with E-state index in [9.17, 15) is 4.79 Å². The summed E-state index contributed by atoms with van der Waals surface area (Å²) in [4.78, 5) is 14.4. The van der Waals surface area contributed by atoms with Crippen molar-refractivity contribution in [2.75, 3.05) is 20.8 Å². The van der Waals surface area contributed by atoms with Gasteiger partial charge < -0.3 is 18.8 Å². The molecule has 0 aliphatic carbocycles. The van der Waals surface area contributed by atoms with Crippen LogP contribution in [0.25, 0.3) is 0 Å². The molecule has 1 aliphatic heterocycles. The fourth-order valence-electron chi connectivity index (χ4n) is 2.68. The second-order valence-corrected chi connectivity index (χ2v) is 5.28. The van der Waals surface area contributed by atoms with Crippen LogP contribution in [0, 0.1) is 0 Å². The van der Waals surface area contributed by atoms with Crippen molar-refractivity contribution in [1.82, 2.24) is 4.90 Å². The Morgan fingerprint density at radius 3 is 2.86 bits per heavy atom. The van der Waals surface area contributed by atoms with E-state index in [2.05, 4.69) is 0 Å². The van der Waals surface area contributed by atoms with E-state index in [1.807, 2.05) is 29.2 Å². The van der Waals surface area contributed by atoms with E-state index in [1.54, 1.807) is 26.4 Å². The minimum absolute atomic E-state index is 0.0820. The molecule has 0 unspecified atom stereocenters. The summed E-state index contributed by atoms with van der Waals surface area (Å²) in [5.74, 6) is 1.74. The molecule has 1 aliphatic rings. The fourth-order valence-corrected chi connectivity index (χ4v) is 2.68. The number of furan rings is 1. The van der Waals surface area contributed by atoms with Gasteiger partial charge in [0, 0.05) is 13.7 Å². The summed E-state index contributed by atoms with van der Waals surface area (Å²) in [5.41, 5.74) is 1.09. The molecule has 1 saturated heterocycles. The summed E-state index contributed by atoms with van der Waals surface area (Å²) >= 11 is 0. The van der Waals surface area contributed by atoms with Crippen LogP contribution in [0.3, 0.4) is 0 Å². The Labute approximate surface area is 129 Å². The lowest BCUT2D eigenvalue weighted by Crippen LogP contribution is -2.45. The average molecular weight is 301 g/mol. The summed E-state index contributed by atoms with van der Waals surface area (Å²) in [7, 11) is 3.24. The first-order valence-electron chi connectivity index (χ1n) is 7.25. The second-order valence-electron chi connectivity index (χ2n) is 5.28. The number of carbonyl (C=O) groups is 1. The zero-order valence-corrected chi connectivity index (χ0v) is 12.7. The standard InChI is InChI=1S/C17H19NO4/c1-20-11-14-6-7-16(22-14)17(19)18-9-8-15(18)12-4-3-5-13(10-12)21-2/h3-7,10,15H,8-9,11H2,1-2H3/t15-/m0/s1. The lowest BCUT2D eigenvalue weighted by Gasteiger charge is -2.40. The molecule has 0 N–H and O–H groups in total. The molecule has 1 aromatic heterocycles. The van der Waals surface area contributed by atoms with E-state index >= 15 is 0 Å². The van der Waals surface area contributed by atoms with Gasteiger partial charge in [0.25, 0.3) is 5.91 Å². The van der Waals surface area contributed by atoms with Gasteiger partial charge in [0.2, 0.25) is 0 Å². The molecule has 3 rings (SSSR count). The van der Waals surface area contributed by atoms with Crippen molar-refractivity contribution in [3.05, 3.63) is 53.5 Å². The molecule has 5 nitrogen and oxygen atoms in total. The van der Waals surface area contributed by atoms with E-state index in [0.717, 1.165) is 24.3 Å². The van der Waals surface area contributed by atoms with Gasteiger partial charge in [-0.25, -0.2) is 0 Å². The van der Waals surface area contributed by atoms with Gasteiger partial charge in [0.05, 0.1) is 13.2 Å². The van der Waals surface area contributed by atoms with Crippen LogP contribution in [0.15, 0.2) is 40.8 Å². The Morgan fingerprint density at radius 1 is 1.32 bits per heavy atom. The minimum atomic E-state index is -0.0820. The lowest BCUT2D eigenvalue weighted by molar-refractivity contribution is 0.0421. The van der Waals surface area contributed by atoms with Crippen LogP contribution in [-0.4, -0.2) is 31.6 Å². The third-order valence-corrected chi connectivity index (χ3v) is 3.92. The van der Waals surface area contributed by atoms with Gasteiger partial charge in [-0.3, -0.25) is 4.79 Å². The summed E-state index contributed by atoms with van der Waals surface area (Å²) in [5, 5.41) is 0. The van der Waals surface area contributed by atoms with Crippen molar-refractivity contribution in [3.63, 3.8) is 0 Å². The molecule has 0 radical (unpaired) electrons. The number of rotatable bonds is 5. The van der Waals surface area contributed by atoms with Crippen LogP contribution in [0.4, 0.5) is 0 Å². The zero-order valence-electron chi connectivity index (χ0n) is 12.7. The van der Waals surface area contributed by atoms with Crippen molar-refractivity contribution in [1.29, 1.82) is 0 Å². The number of hydrogen-bond donors (Lipinski definition) is 0. The maximum Gasteiger partial charge on any atom is 0.290 e. The predicted molar refractivity (Wildman–Crippen MR) is 80.8 cm³/mol. The van der Waals surface area contributed by atoms with Gasteiger partial charge in [0.1, 0.15) is 18.1 Å². The smallest absolute Gasteiger partial charge is 0.290 e. The van der Waals surface area contributed by atoms with E-state index < -0.39 is 0 Å². The highest BCUT2D eigenvalue weighted by molar-refractivity contribution is 5.92. The van der Waals surface area contributed by atoms with Gasteiger partial charge in [-0.1, -0.05) is 12.1 Å². The predicted octanol–water partition coefficient (Wildman–Crippen LogP) is 3.02. The molecule has 1 fully saturated rings. The molecule has 2 heterocycles. The Hall–Kier alpha value is -2.27. The molecule has 0 spiro atoms. The maximum absolute atomic E-state index is 12.5. The molecule has 116 valence electrons. The quantitative estimate of drug-likeness (QED) is 0.852.